The van der Waals surface area contributed by atoms with Gasteiger partial charge in [-0.3, -0.25) is 0 Å². The zero-order valence-corrected chi connectivity index (χ0v) is 25.9. The number of allylic oxidation sites excluding steroid dienone is 1. The van der Waals surface area contributed by atoms with E-state index in [1.165, 1.54) is 75.5 Å². The quantitative estimate of drug-likeness (QED) is 0.190. The first-order valence-electron chi connectivity index (χ1n) is 15.2. The first-order valence-corrected chi connectivity index (χ1v) is 16.0. The molecule has 0 unspecified atom stereocenters. The van der Waals surface area contributed by atoms with Crippen molar-refractivity contribution in [2.24, 2.45) is 0 Å². The molecule has 0 radical (unpaired) electrons. The van der Waals surface area contributed by atoms with Gasteiger partial charge in [-0.05, 0) is 86.3 Å². The fourth-order valence-electron chi connectivity index (χ4n) is 7.29. The van der Waals surface area contributed by atoms with Crippen molar-refractivity contribution in [2.75, 3.05) is 0 Å². The smallest absolute Gasteiger partial charge is 0.0994 e. The molecule has 44 heavy (non-hydrogen) atoms. The van der Waals surface area contributed by atoms with E-state index in [1.54, 1.807) is 0 Å². The molecule has 0 fully saturated rings. The lowest BCUT2D eigenvalue weighted by Crippen LogP contribution is -2.15. The van der Waals surface area contributed by atoms with Crippen LogP contribution in [0.5, 0.6) is 0 Å². The van der Waals surface area contributed by atoms with Crippen molar-refractivity contribution in [1.82, 2.24) is 0 Å². The summed E-state index contributed by atoms with van der Waals surface area (Å²) in [5.41, 5.74) is 12.1. The number of rotatable bonds is 4. The number of fused-ring (bicyclic) bond motifs is 8. The first-order chi connectivity index (χ1) is 21.4. The zero-order chi connectivity index (χ0) is 30.0. The fraction of sp³-hybridized carbons (Fsp3) is 0.119. The van der Waals surface area contributed by atoms with E-state index in [2.05, 4.69) is 130 Å². The Kier molecular flexibility index (Phi) is 6.09. The van der Waals surface area contributed by atoms with Crippen molar-refractivity contribution in [2.45, 2.75) is 32.6 Å². The molecule has 0 aliphatic heterocycles. The highest BCUT2D eigenvalue weighted by molar-refractivity contribution is 7.26. The van der Waals surface area contributed by atoms with Crippen LogP contribution in [0.15, 0.2) is 115 Å². The van der Waals surface area contributed by atoms with Crippen molar-refractivity contribution in [3.05, 3.63) is 154 Å². The molecule has 0 amide bonds. The van der Waals surface area contributed by atoms with Crippen molar-refractivity contribution in [3.8, 4) is 17.2 Å². The lowest BCUT2D eigenvalue weighted by molar-refractivity contribution is 0.660. The Morgan fingerprint density at radius 3 is 2.32 bits per heavy atom. The molecule has 2 heteroatoms. The second-order valence-corrected chi connectivity index (χ2v) is 13.5. The Morgan fingerprint density at radius 1 is 0.750 bits per heavy atom. The molecule has 8 rings (SSSR count). The SMILES string of the molecule is Cc1cc2c(c3ccccc13)-c1ccc(/C=C(/Cc3ccccc3C#N)c3cccc4c3sc3ccccc34)cc1C2(C)C. The van der Waals surface area contributed by atoms with E-state index in [9.17, 15) is 5.26 Å². The molecule has 7 aromatic rings. The molecular weight excluding hydrogens is 551 g/mol. The standard InChI is InChI=1S/C42H31NS/c1-26-21-38-40(34-15-7-6-13-31(26)34)36-20-19-27(23-37(36)42(38,2)3)22-30(24-28-11-4-5-12-29(28)25-43)32-16-10-17-35-33-14-8-9-18-39(33)44-41(32)35/h4-23H,24H2,1-3H3/b30-22-. The van der Waals surface area contributed by atoms with E-state index < -0.39 is 0 Å². The summed E-state index contributed by atoms with van der Waals surface area (Å²) in [7, 11) is 0. The topological polar surface area (TPSA) is 23.8 Å². The minimum absolute atomic E-state index is 0.109. The summed E-state index contributed by atoms with van der Waals surface area (Å²) < 4.78 is 2.59. The molecule has 0 spiro atoms. The van der Waals surface area contributed by atoms with E-state index in [0.29, 0.717) is 6.42 Å². The minimum atomic E-state index is -0.109. The maximum atomic E-state index is 9.94. The molecule has 1 aliphatic rings. The summed E-state index contributed by atoms with van der Waals surface area (Å²) in [6.45, 7) is 6.96. The second-order valence-electron chi connectivity index (χ2n) is 12.5. The van der Waals surface area contributed by atoms with Gasteiger partial charge >= 0.3 is 0 Å². The van der Waals surface area contributed by atoms with Crippen LogP contribution in [0, 0.1) is 18.3 Å². The van der Waals surface area contributed by atoms with Crippen LogP contribution in [-0.4, -0.2) is 0 Å². The lowest BCUT2D eigenvalue weighted by atomic mass is 9.80. The van der Waals surface area contributed by atoms with Gasteiger partial charge in [-0.25, -0.2) is 0 Å². The third-order valence-electron chi connectivity index (χ3n) is 9.52. The maximum Gasteiger partial charge on any atom is 0.0994 e. The third kappa shape index (κ3) is 4.04. The van der Waals surface area contributed by atoms with Gasteiger partial charge in [0.15, 0.2) is 0 Å². The first kappa shape index (κ1) is 26.6. The number of hydrogen-bond donors (Lipinski definition) is 0. The van der Waals surface area contributed by atoms with Gasteiger partial charge in [0.05, 0.1) is 11.6 Å². The van der Waals surface area contributed by atoms with E-state index >= 15 is 0 Å². The Hall–Kier alpha value is -4.97. The van der Waals surface area contributed by atoms with Crippen LogP contribution in [0.3, 0.4) is 0 Å². The predicted molar refractivity (Wildman–Crippen MR) is 188 cm³/mol. The number of benzene rings is 6. The van der Waals surface area contributed by atoms with Crippen LogP contribution in [0.1, 0.15) is 52.8 Å². The van der Waals surface area contributed by atoms with Crippen LogP contribution in [0.2, 0.25) is 0 Å². The summed E-state index contributed by atoms with van der Waals surface area (Å²) in [5, 5.41) is 15.2. The molecule has 0 atom stereocenters. The maximum absolute atomic E-state index is 9.94. The molecule has 1 aromatic heterocycles. The monoisotopic (exact) mass is 581 g/mol. The van der Waals surface area contributed by atoms with E-state index in [1.807, 2.05) is 29.5 Å². The van der Waals surface area contributed by atoms with Crippen molar-refractivity contribution < 1.29 is 0 Å². The molecule has 0 bridgehead atoms. The van der Waals surface area contributed by atoms with Crippen molar-refractivity contribution >= 4 is 53.9 Å². The number of hydrogen-bond acceptors (Lipinski definition) is 2. The van der Waals surface area contributed by atoms with Gasteiger partial charge in [0.1, 0.15) is 0 Å². The summed E-state index contributed by atoms with van der Waals surface area (Å²) in [6.07, 6.45) is 3.04. The van der Waals surface area contributed by atoms with Crippen LogP contribution in [0.4, 0.5) is 0 Å². The highest BCUT2D eigenvalue weighted by Crippen LogP contribution is 2.52. The summed E-state index contributed by atoms with van der Waals surface area (Å²) >= 11 is 1.86. The average molecular weight is 582 g/mol. The highest BCUT2D eigenvalue weighted by Gasteiger charge is 2.37. The number of aryl methyl sites for hydroxylation is 1. The number of thiophene rings is 1. The van der Waals surface area contributed by atoms with Crippen molar-refractivity contribution in [1.29, 1.82) is 5.26 Å². The Balaban J connectivity index is 1.34. The van der Waals surface area contributed by atoms with Gasteiger partial charge in [0.25, 0.3) is 0 Å². The molecule has 0 saturated carbocycles. The fourth-order valence-corrected chi connectivity index (χ4v) is 8.54. The summed E-state index contributed by atoms with van der Waals surface area (Å²) in [6, 6.07) is 44.0. The van der Waals surface area contributed by atoms with E-state index in [-0.39, 0.29) is 5.41 Å². The minimum Gasteiger partial charge on any atom is -0.192 e. The van der Waals surface area contributed by atoms with Gasteiger partial charge in [-0.2, -0.15) is 5.26 Å². The van der Waals surface area contributed by atoms with Gasteiger partial charge in [-0.15, -0.1) is 11.3 Å². The number of nitriles is 1. The molecule has 0 saturated heterocycles. The molecule has 1 aliphatic carbocycles. The molecule has 1 heterocycles. The average Bonchev–Trinajstić information content (AvgIpc) is 3.53. The van der Waals surface area contributed by atoms with Gasteiger partial charge < -0.3 is 0 Å². The Bertz CT molecular complexity index is 2360. The van der Waals surface area contributed by atoms with Crippen LogP contribution in [-0.2, 0) is 11.8 Å². The van der Waals surface area contributed by atoms with Crippen LogP contribution < -0.4 is 0 Å². The summed E-state index contributed by atoms with van der Waals surface area (Å²) in [5.74, 6) is 0. The van der Waals surface area contributed by atoms with Gasteiger partial charge in [0, 0.05) is 25.6 Å². The van der Waals surface area contributed by atoms with E-state index in [0.717, 1.165) is 11.1 Å². The second kappa shape index (κ2) is 10.1. The normalized spacial score (nSPS) is 13.7. The zero-order valence-electron chi connectivity index (χ0n) is 25.1. The molecular formula is C42H31NS. The van der Waals surface area contributed by atoms with Crippen LogP contribution in [0.25, 0.3) is 53.7 Å². The lowest BCUT2D eigenvalue weighted by Gasteiger charge is -2.23. The van der Waals surface area contributed by atoms with Gasteiger partial charge in [0.2, 0.25) is 0 Å². The van der Waals surface area contributed by atoms with Gasteiger partial charge in [-0.1, -0.05) is 123 Å². The molecule has 0 N–H and O–H groups in total. The summed E-state index contributed by atoms with van der Waals surface area (Å²) in [4.78, 5) is 0. The molecule has 210 valence electrons. The van der Waals surface area contributed by atoms with E-state index in [4.69, 9.17) is 0 Å². The Morgan fingerprint density at radius 2 is 1.48 bits per heavy atom. The Labute approximate surface area is 262 Å². The molecule has 1 nitrogen and oxygen atoms in total. The largest absolute Gasteiger partial charge is 0.192 e. The van der Waals surface area contributed by atoms with Crippen molar-refractivity contribution in [3.63, 3.8) is 0 Å². The predicted octanol–water partition coefficient (Wildman–Crippen LogP) is 11.5. The third-order valence-corrected chi connectivity index (χ3v) is 10.7. The molecule has 6 aromatic carbocycles. The number of nitrogens with zero attached hydrogens (tertiary/aromatic N) is 1. The van der Waals surface area contributed by atoms with Crippen LogP contribution >= 0.6 is 11.3 Å². The highest BCUT2D eigenvalue weighted by atomic mass is 32.1.